The van der Waals surface area contributed by atoms with Gasteiger partial charge in [-0.25, -0.2) is 10.5 Å². The Labute approximate surface area is 165 Å². The van der Waals surface area contributed by atoms with Crippen LogP contribution in [-0.4, -0.2) is 35.7 Å². The summed E-state index contributed by atoms with van der Waals surface area (Å²) in [6.07, 6.45) is 0.0983. The first-order valence-electron chi connectivity index (χ1n) is 8.53. The Morgan fingerprint density at radius 1 is 1.11 bits per heavy atom. The third kappa shape index (κ3) is 5.18. The minimum absolute atomic E-state index is 0.0983. The molecule has 0 saturated carbocycles. The monoisotopic (exact) mass is 400 g/mol. The third-order valence-electron chi connectivity index (χ3n) is 4.00. The third-order valence-corrected chi connectivity index (χ3v) is 4.97. The Morgan fingerprint density at radius 3 is 2.57 bits per heavy atom. The zero-order valence-corrected chi connectivity index (χ0v) is 16.0. The van der Waals surface area contributed by atoms with Crippen LogP contribution in [0.3, 0.4) is 0 Å². The second kappa shape index (κ2) is 9.16. The van der Waals surface area contributed by atoms with Crippen LogP contribution in [0.2, 0.25) is 0 Å². The van der Waals surface area contributed by atoms with Gasteiger partial charge in [0.05, 0.1) is 30.3 Å². The van der Waals surface area contributed by atoms with Gasteiger partial charge in [-0.15, -0.1) is 0 Å². The van der Waals surface area contributed by atoms with Crippen molar-refractivity contribution in [3.63, 3.8) is 0 Å². The van der Waals surface area contributed by atoms with Gasteiger partial charge in [-0.2, -0.15) is 0 Å². The predicted octanol–water partition coefficient (Wildman–Crippen LogP) is 2.08. The van der Waals surface area contributed by atoms with Gasteiger partial charge in [-0.05, 0) is 29.3 Å². The molecule has 0 aliphatic rings. The van der Waals surface area contributed by atoms with Crippen molar-refractivity contribution in [3.8, 4) is 5.75 Å². The number of rotatable bonds is 8. The first-order valence-corrected chi connectivity index (χ1v) is 9.35. The highest BCUT2D eigenvalue weighted by molar-refractivity contribution is 7.22. The van der Waals surface area contributed by atoms with E-state index in [2.05, 4.69) is 15.6 Å². The number of benzene rings is 2. The van der Waals surface area contributed by atoms with E-state index < -0.39 is 5.91 Å². The van der Waals surface area contributed by atoms with Crippen molar-refractivity contribution in [1.29, 1.82) is 0 Å². The molecule has 0 unspecified atom stereocenters. The number of amides is 2. The van der Waals surface area contributed by atoms with Gasteiger partial charge in [0, 0.05) is 6.54 Å². The molecule has 0 fully saturated rings. The Hall–Kier alpha value is -3.17. The van der Waals surface area contributed by atoms with Crippen LogP contribution < -0.4 is 20.9 Å². The number of nitrogens with zero attached hydrogens (tertiary/aromatic N) is 1. The van der Waals surface area contributed by atoms with Crippen LogP contribution in [0.4, 0.5) is 5.13 Å². The van der Waals surface area contributed by atoms with E-state index in [-0.39, 0.29) is 18.9 Å². The number of hydrogen-bond acceptors (Lipinski definition) is 7. The summed E-state index contributed by atoms with van der Waals surface area (Å²) in [6.45, 7) is 0.496. The van der Waals surface area contributed by atoms with E-state index in [9.17, 15) is 9.59 Å². The number of thiazole rings is 1. The van der Waals surface area contributed by atoms with Gasteiger partial charge >= 0.3 is 0 Å². The highest BCUT2D eigenvalue weighted by Gasteiger charge is 2.07. The summed E-state index contributed by atoms with van der Waals surface area (Å²) >= 11 is 1.46. The van der Waals surface area contributed by atoms with Crippen LogP contribution in [0.15, 0.2) is 42.5 Å². The predicted molar refractivity (Wildman–Crippen MR) is 107 cm³/mol. The number of hydrogen-bond donors (Lipinski definition) is 4. The highest BCUT2D eigenvalue weighted by Crippen LogP contribution is 2.28. The molecule has 0 atom stereocenters. The minimum Gasteiger partial charge on any atom is -0.497 e. The number of fused-ring (bicyclic) bond motifs is 1. The molecule has 8 nitrogen and oxygen atoms in total. The molecule has 1 aromatic heterocycles. The van der Waals surface area contributed by atoms with Crippen LogP contribution in [0.1, 0.15) is 11.1 Å². The van der Waals surface area contributed by atoms with Gasteiger partial charge in [-0.1, -0.05) is 35.6 Å². The van der Waals surface area contributed by atoms with Gasteiger partial charge in [0.25, 0.3) is 0 Å². The van der Waals surface area contributed by atoms with Crippen LogP contribution >= 0.6 is 11.3 Å². The maximum absolute atomic E-state index is 12.1. The standard InChI is InChI=1S/C19H20N4O4S/c1-27-14-6-7-15-16(9-14)28-19(22-15)21-11-18(25)20-10-13-4-2-12(3-5-13)8-17(24)23-26/h2-7,9,26H,8,10-11H2,1H3,(H,20,25)(H,21,22)(H,23,24). The quantitative estimate of drug-likeness (QED) is 0.340. The molecule has 4 N–H and O–H groups in total. The van der Waals surface area contributed by atoms with E-state index in [1.165, 1.54) is 11.3 Å². The molecule has 0 aliphatic carbocycles. The van der Waals surface area contributed by atoms with Crippen molar-refractivity contribution in [3.05, 3.63) is 53.6 Å². The molecule has 1 heterocycles. The number of hydroxylamine groups is 1. The number of nitrogens with one attached hydrogen (secondary N) is 3. The lowest BCUT2D eigenvalue weighted by Crippen LogP contribution is -2.29. The molecule has 0 saturated heterocycles. The fourth-order valence-corrected chi connectivity index (χ4v) is 3.42. The second-order valence-electron chi connectivity index (χ2n) is 6.01. The van der Waals surface area contributed by atoms with Gasteiger partial charge in [0.15, 0.2) is 5.13 Å². The summed E-state index contributed by atoms with van der Waals surface area (Å²) in [5, 5.41) is 15.1. The van der Waals surface area contributed by atoms with E-state index in [1.54, 1.807) is 24.7 Å². The van der Waals surface area contributed by atoms with Crippen molar-refractivity contribution < 1.29 is 19.5 Å². The van der Waals surface area contributed by atoms with Crippen molar-refractivity contribution in [2.75, 3.05) is 19.0 Å². The van der Waals surface area contributed by atoms with Crippen LogP contribution in [0.25, 0.3) is 10.2 Å². The molecule has 3 rings (SSSR count). The number of ether oxygens (including phenoxy) is 1. The minimum atomic E-state index is -0.472. The van der Waals surface area contributed by atoms with E-state index in [1.807, 2.05) is 30.3 Å². The maximum atomic E-state index is 12.1. The van der Waals surface area contributed by atoms with Crippen LogP contribution in [-0.2, 0) is 22.6 Å². The summed E-state index contributed by atoms with van der Waals surface area (Å²) in [6, 6.07) is 12.9. The van der Waals surface area contributed by atoms with Crippen molar-refractivity contribution in [1.82, 2.24) is 15.8 Å². The van der Waals surface area contributed by atoms with Crippen molar-refractivity contribution in [2.45, 2.75) is 13.0 Å². The molecular weight excluding hydrogens is 380 g/mol. The number of carbonyl (C=O) groups is 2. The second-order valence-corrected chi connectivity index (χ2v) is 7.04. The summed E-state index contributed by atoms with van der Waals surface area (Å²) in [5.41, 5.74) is 4.13. The zero-order valence-electron chi connectivity index (χ0n) is 15.2. The smallest absolute Gasteiger partial charge is 0.247 e. The van der Waals surface area contributed by atoms with Crippen molar-refractivity contribution >= 4 is 38.5 Å². The Kier molecular flexibility index (Phi) is 6.41. The normalized spacial score (nSPS) is 10.5. The molecule has 28 heavy (non-hydrogen) atoms. The Balaban J connectivity index is 1.47. The van der Waals surface area contributed by atoms with Crippen LogP contribution in [0.5, 0.6) is 5.75 Å². The summed E-state index contributed by atoms with van der Waals surface area (Å²) in [4.78, 5) is 27.6. The fraction of sp³-hybridized carbons (Fsp3) is 0.211. The molecule has 146 valence electrons. The largest absolute Gasteiger partial charge is 0.497 e. The van der Waals surface area contributed by atoms with Crippen LogP contribution in [0, 0.1) is 0 Å². The first kappa shape index (κ1) is 19.6. The summed E-state index contributed by atoms with van der Waals surface area (Å²) in [7, 11) is 1.62. The molecule has 2 aromatic carbocycles. The molecule has 0 spiro atoms. The molecule has 0 radical (unpaired) electrons. The Bertz CT molecular complexity index is 972. The van der Waals surface area contributed by atoms with Gasteiger partial charge in [-0.3, -0.25) is 14.8 Å². The fourth-order valence-electron chi connectivity index (χ4n) is 2.53. The molecule has 3 aromatic rings. The molecule has 2 amide bonds. The van der Waals surface area contributed by atoms with Crippen molar-refractivity contribution in [2.24, 2.45) is 0 Å². The molecule has 0 bridgehead atoms. The average Bonchev–Trinajstić information content (AvgIpc) is 3.13. The number of aromatic nitrogens is 1. The topological polar surface area (TPSA) is 113 Å². The Morgan fingerprint density at radius 2 is 1.86 bits per heavy atom. The lowest BCUT2D eigenvalue weighted by atomic mass is 10.1. The van der Waals surface area contributed by atoms with E-state index >= 15 is 0 Å². The zero-order chi connectivity index (χ0) is 19.9. The molecule has 9 heteroatoms. The van der Waals surface area contributed by atoms with E-state index in [4.69, 9.17) is 9.94 Å². The lowest BCUT2D eigenvalue weighted by molar-refractivity contribution is -0.128. The van der Waals surface area contributed by atoms with Gasteiger partial charge in [0.1, 0.15) is 5.75 Å². The van der Waals surface area contributed by atoms with E-state index in [0.717, 1.165) is 27.1 Å². The number of anilines is 1. The van der Waals surface area contributed by atoms with E-state index in [0.29, 0.717) is 11.7 Å². The lowest BCUT2D eigenvalue weighted by Gasteiger charge is -2.07. The SMILES string of the molecule is COc1ccc2nc(NCC(=O)NCc3ccc(CC(=O)NO)cc3)sc2c1. The number of methoxy groups -OCH3 is 1. The van der Waals surface area contributed by atoms with Gasteiger partial charge in [0.2, 0.25) is 11.8 Å². The average molecular weight is 400 g/mol. The first-order chi connectivity index (χ1) is 13.6. The maximum Gasteiger partial charge on any atom is 0.247 e. The highest BCUT2D eigenvalue weighted by atomic mass is 32.1. The summed E-state index contributed by atoms with van der Waals surface area (Å²) in [5.74, 6) is 0.143. The summed E-state index contributed by atoms with van der Waals surface area (Å²) < 4.78 is 6.18. The van der Waals surface area contributed by atoms with Gasteiger partial charge < -0.3 is 15.4 Å². The number of carbonyl (C=O) groups excluding carboxylic acids is 2. The molecular formula is C19H20N4O4S. The molecule has 0 aliphatic heterocycles.